The van der Waals surface area contributed by atoms with Gasteiger partial charge in [0.1, 0.15) is 0 Å². The van der Waals surface area contributed by atoms with Crippen molar-refractivity contribution in [2.45, 2.75) is 31.5 Å². The lowest BCUT2D eigenvalue weighted by molar-refractivity contribution is -0.137. The van der Waals surface area contributed by atoms with Gasteiger partial charge in [-0.15, -0.1) is 0 Å². The molecular weight excluding hydrogens is 303 g/mol. The van der Waals surface area contributed by atoms with E-state index in [4.69, 9.17) is 0 Å². The van der Waals surface area contributed by atoms with Gasteiger partial charge in [0.25, 0.3) is 5.91 Å². The zero-order chi connectivity index (χ0) is 16.4. The summed E-state index contributed by atoms with van der Waals surface area (Å²) in [7, 11) is 0. The minimum absolute atomic E-state index is 0.242. The topological polar surface area (TPSA) is 29.1 Å². The number of benzene rings is 2. The van der Waals surface area contributed by atoms with Crippen molar-refractivity contribution in [2.24, 2.45) is 0 Å². The number of halogens is 3. The molecule has 0 bridgehead atoms. The molecule has 2 aromatic carbocycles. The van der Waals surface area contributed by atoms with Crippen molar-refractivity contribution >= 4 is 5.91 Å². The van der Waals surface area contributed by atoms with E-state index >= 15 is 0 Å². The third-order valence-electron chi connectivity index (χ3n) is 4.15. The summed E-state index contributed by atoms with van der Waals surface area (Å²) in [6, 6.07) is 12.4. The molecule has 0 saturated carbocycles. The number of fused-ring (bicyclic) bond motifs is 1. The van der Waals surface area contributed by atoms with Crippen molar-refractivity contribution < 1.29 is 18.0 Å². The number of hydrogen-bond donors (Lipinski definition) is 1. The first-order chi connectivity index (χ1) is 11.0. The van der Waals surface area contributed by atoms with Crippen LogP contribution in [0.15, 0.2) is 48.5 Å². The first-order valence-electron chi connectivity index (χ1n) is 7.51. The highest BCUT2D eigenvalue weighted by Gasteiger charge is 2.35. The number of hydrogen-bond acceptors (Lipinski definition) is 1. The lowest BCUT2D eigenvalue weighted by Crippen LogP contribution is -2.32. The number of carbonyl (C=O) groups is 1. The molecule has 1 aliphatic rings. The van der Waals surface area contributed by atoms with Gasteiger partial charge in [-0.1, -0.05) is 36.4 Å². The van der Waals surface area contributed by atoms with Crippen LogP contribution in [-0.4, -0.2) is 5.91 Å². The maximum absolute atomic E-state index is 13.0. The number of aryl methyl sites for hydroxylation is 1. The summed E-state index contributed by atoms with van der Waals surface area (Å²) in [6.07, 6.45) is -1.97. The molecule has 5 heteroatoms. The first kappa shape index (κ1) is 15.6. The fraction of sp³-hybridized carbons (Fsp3) is 0.278. The molecule has 0 saturated heterocycles. The zero-order valence-electron chi connectivity index (χ0n) is 12.4. The SMILES string of the molecule is O=C(N[C@@H]1CCCc2ccccc21)c1ccccc1C(F)(F)F. The van der Waals surface area contributed by atoms with E-state index in [1.165, 1.54) is 18.2 Å². The predicted octanol–water partition coefficient (Wildman–Crippen LogP) is 4.51. The lowest BCUT2D eigenvalue weighted by atomic mass is 9.87. The molecule has 0 aliphatic heterocycles. The summed E-state index contributed by atoms with van der Waals surface area (Å²) in [5.41, 5.74) is 0.911. The predicted molar refractivity (Wildman–Crippen MR) is 81.0 cm³/mol. The van der Waals surface area contributed by atoms with E-state index in [1.54, 1.807) is 0 Å². The highest BCUT2D eigenvalue weighted by atomic mass is 19.4. The minimum Gasteiger partial charge on any atom is -0.345 e. The van der Waals surface area contributed by atoms with Gasteiger partial charge in [0.05, 0.1) is 17.2 Å². The van der Waals surface area contributed by atoms with E-state index in [0.717, 1.165) is 36.5 Å². The number of carbonyl (C=O) groups excluding carboxylic acids is 1. The van der Waals surface area contributed by atoms with Gasteiger partial charge in [-0.25, -0.2) is 0 Å². The summed E-state index contributed by atoms with van der Waals surface area (Å²) in [5, 5.41) is 2.76. The maximum Gasteiger partial charge on any atom is 0.417 e. The Morgan fingerprint density at radius 2 is 1.74 bits per heavy atom. The maximum atomic E-state index is 13.0. The van der Waals surface area contributed by atoms with Crippen molar-refractivity contribution in [3.63, 3.8) is 0 Å². The number of nitrogens with one attached hydrogen (secondary N) is 1. The van der Waals surface area contributed by atoms with Crippen LogP contribution in [0.25, 0.3) is 0 Å². The van der Waals surface area contributed by atoms with Crippen molar-refractivity contribution in [3.8, 4) is 0 Å². The lowest BCUT2D eigenvalue weighted by Gasteiger charge is -2.26. The van der Waals surface area contributed by atoms with Crippen LogP contribution in [0.3, 0.4) is 0 Å². The minimum atomic E-state index is -4.54. The molecule has 0 unspecified atom stereocenters. The second-order valence-corrected chi connectivity index (χ2v) is 5.66. The Hall–Kier alpha value is -2.30. The van der Waals surface area contributed by atoms with Crippen LogP contribution in [-0.2, 0) is 12.6 Å². The molecule has 1 amide bonds. The van der Waals surface area contributed by atoms with Crippen molar-refractivity contribution in [3.05, 3.63) is 70.8 Å². The molecule has 1 atom stereocenters. The van der Waals surface area contributed by atoms with Crippen LogP contribution in [0.2, 0.25) is 0 Å². The molecule has 3 rings (SSSR count). The third kappa shape index (κ3) is 3.23. The van der Waals surface area contributed by atoms with Crippen molar-refractivity contribution in [1.29, 1.82) is 0 Å². The van der Waals surface area contributed by atoms with Gasteiger partial charge in [-0.2, -0.15) is 13.2 Å². The van der Waals surface area contributed by atoms with Crippen molar-refractivity contribution in [1.82, 2.24) is 5.32 Å². The smallest absolute Gasteiger partial charge is 0.345 e. The Labute approximate surface area is 132 Å². The largest absolute Gasteiger partial charge is 0.417 e. The van der Waals surface area contributed by atoms with Crippen LogP contribution in [0.4, 0.5) is 13.2 Å². The van der Waals surface area contributed by atoms with Gasteiger partial charge in [0.2, 0.25) is 0 Å². The summed E-state index contributed by atoms with van der Waals surface area (Å²) in [5.74, 6) is -0.681. The standard InChI is InChI=1S/C18H16F3NO/c19-18(20,21)15-10-4-3-9-14(15)17(23)22-16-11-5-7-12-6-1-2-8-13(12)16/h1-4,6,8-10,16H,5,7,11H2,(H,22,23)/t16-/m1/s1. The van der Waals surface area contributed by atoms with E-state index in [1.807, 2.05) is 24.3 Å². The molecule has 2 aromatic rings. The van der Waals surface area contributed by atoms with Gasteiger partial charge in [-0.05, 0) is 42.5 Å². The molecule has 120 valence electrons. The van der Waals surface area contributed by atoms with Gasteiger partial charge in [-0.3, -0.25) is 4.79 Å². The van der Waals surface area contributed by atoms with Gasteiger partial charge in [0.15, 0.2) is 0 Å². The summed E-state index contributed by atoms with van der Waals surface area (Å²) in [4.78, 5) is 12.4. The summed E-state index contributed by atoms with van der Waals surface area (Å²) in [6.45, 7) is 0. The van der Waals surface area contributed by atoms with E-state index in [0.29, 0.717) is 0 Å². The second kappa shape index (κ2) is 6.07. The average Bonchev–Trinajstić information content (AvgIpc) is 2.54. The Morgan fingerprint density at radius 1 is 1.04 bits per heavy atom. The molecule has 0 heterocycles. The van der Waals surface area contributed by atoms with E-state index in [2.05, 4.69) is 5.32 Å². The van der Waals surface area contributed by atoms with Crippen LogP contribution < -0.4 is 5.32 Å². The fourth-order valence-electron chi connectivity index (χ4n) is 3.07. The third-order valence-corrected chi connectivity index (χ3v) is 4.15. The molecule has 0 aromatic heterocycles. The van der Waals surface area contributed by atoms with Crippen LogP contribution in [0, 0.1) is 0 Å². The van der Waals surface area contributed by atoms with Crippen LogP contribution in [0.1, 0.15) is 45.9 Å². The Bertz CT molecular complexity index is 724. The second-order valence-electron chi connectivity index (χ2n) is 5.66. The quantitative estimate of drug-likeness (QED) is 0.867. The van der Waals surface area contributed by atoms with Crippen LogP contribution in [0.5, 0.6) is 0 Å². The van der Waals surface area contributed by atoms with Crippen LogP contribution >= 0.6 is 0 Å². The normalized spacial score (nSPS) is 17.4. The highest BCUT2D eigenvalue weighted by Crippen LogP contribution is 2.33. The number of alkyl halides is 3. The van der Waals surface area contributed by atoms with Crippen molar-refractivity contribution in [2.75, 3.05) is 0 Å². The average molecular weight is 319 g/mol. The number of amides is 1. The Morgan fingerprint density at radius 3 is 2.52 bits per heavy atom. The van der Waals surface area contributed by atoms with Gasteiger partial charge >= 0.3 is 6.18 Å². The van der Waals surface area contributed by atoms with Gasteiger partial charge in [0, 0.05) is 0 Å². The Kier molecular flexibility index (Phi) is 4.11. The number of rotatable bonds is 2. The molecule has 0 spiro atoms. The molecule has 0 radical (unpaired) electrons. The fourth-order valence-corrected chi connectivity index (χ4v) is 3.07. The molecule has 2 nitrogen and oxygen atoms in total. The van der Waals surface area contributed by atoms with E-state index in [9.17, 15) is 18.0 Å². The van der Waals surface area contributed by atoms with E-state index < -0.39 is 17.6 Å². The molecule has 1 N–H and O–H groups in total. The summed E-state index contributed by atoms with van der Waals surface area (Å²) >= 11 is 0. The molecule has 1 aliphatic carbocycles. The molecular formula is C18H16F3NO. The van der Waals surface area contributed by atoms with Gasteiger partial charge < -0.3 is 5.32 Å². The van der Waals surface area contributed by atoms with E-state index in [-0.39, 0.29) is 11.6 Å². The molecule has 23 heavy (non-hydrogen) atoms. The first-order valence-corrected chi connectivity index (χ1v) is 7.51. The Balaban J connectivity index is 1.87. The molecule has 0 fully saturated rings. The zero-order valence-corrected chi connectivity index (χ0v) is 12.4. The highest BCUT2D eigenvalue weighted by molar-refractivity contribution is 5.96. The summed E-state index contributed by atoms with van der Waals surface area (Å²) < 4.78 is 39.1. The monoisotopic (exact) mass is 319 g/mol.